The normalized spacial score (nSPS) is 10.8. The van der Waals surface area contributed by atoms with E-state index in [1.165, 1.54) is 6.20 Å². The Balaban J connectivity index is 1.34. The van der Waals surface area contributed by atoms with Crippen molar-refractivity contribution in [3.05, 3.63) is 73.1 Å². The molecule has 0 aliphatic carbocycles. The molecule has 1 aromatic carbocycles. The first kappa shape index (κ1) is 24.6. The standard InChI is InChI=1S/C27H26N6O5/c1-5-37-24-16-33(17-9-11-32(2)15-17)31-26(24)27(34)30-25-7-6-18(14-29-25)38-21-8-10-28-20-13-23(36-4)22(35-3)12-19(20)21/h6-16H,5H2,1-4H3,(H,29,30,34). The molecule has 1 N–H and O–H groups in total. The van der Waals surface area contributed by atoms with Gasteiger partial charge in [-0.2, -0.15) is 5.10 Å². The zero-order valence-corrected chi connectivity index (χ0v) is 21.3. The fourth-order valence-electron chi connectivity index (χ4n) is 3.89. The SMILES string of the molecule is CCOc1cn(-c2ccn(C)c2)nc1C(=O)Nc1ccc(Oc2ccnc3cc(OC)c(OC)cc23)cn1. The third kappa shape index (κ3) is 4.94. The van der Waals surface area contributed by atoms with Crippen LogP contribution < -0.4 is 24.3 Å². The van der Waals surface area contributed by atoms with Crippen molar-refractivity contribution in [1.29, 1.82) is 0 Å². The van der Waals surface area contributed by atoms with Crippen LogP contribution in [0.3, 0.4) is 0 Å². The molecule has 5 aromatic rings. The summed E-state index contributed by atoms with van der Waals surface area (Å²) >= 11 is 0. The van der Waals surface area contributed by atoms with Gasteiger partial charge in [0, 0.05) is 37.1 Å². The average Bonchev–Trinajstić information content (AvgIpc) is 3.55. The highest BCUT2D eigenvalue weighted by Crippen LogP contribution is 2.36. The van der Waals surface area contributed by atoms with E-state index in [1.54, 1.807) is 55.6 Å². The van der Waals surface area contributed by atoms with Crippen LogP contribution in [0.15, 0.2) is 67.4 Å². The quantitative estimate of drug-likeness (QED) is 0.303. The molecule has 1 amide bonds. The second kappa shape index (κ2) is 10.5. The molecule has 0 spiro atoms. The minimum atomic E-state index is -0.439. The van der Waals surface area contributed by atoms with Gasteiger partial charge >= 0.3 is 0 Å². The van der Waals surface area contributed by atoms with Crippen molar-refractivity contribution >= 4 is 22.6 Å². The molecule has 4 aromatic heterocycles. The van der Waals surface area contributed by atoms with E-state index in [1.807, 2.05) is 43.1 Å². The highest BCUT2D eigenvalue weighted by atomic mass is 16.5. The molecule has 0 aliphatic rings. The molecular formula is C27H26N6O5. The second-order valence-electron chi connectivity index (χ2n) is 8.22. The van der Waals surface area contributed by atoms with E-state index in [-0.39, 0.29) is 5.69 Å². The number of hydrogen-bond donors (Lipinski definition) is 1. The van der Waals surface area contributed by atoms with Gasteiger partial charge in [-0.05, 0) is 37.3 Å². The smallest absolute Gasteiger partial charge is 0.281 e. The van der Waals surface area contributed by atoms with Crippen molar-refractivity contribution in [3.8, 4) is 34.4 Å². The Labute approximate surface area is 218 Å². The Morgan fingerprint density at radius 3 is 2.47 bits per heavy atom. The predicted octanol–water partition coefficient (Wildman–Crippen LogP) is 4.61. The molecular weight excluding hydrogens is 488 g/mol. The van der Waals surface area contributed by atoms with Crippen molar-refractivity contribution in [2.24, 2.45) is 7.05 Å². The van der Waals surface area contributed by atoms with Crippen LogP contribution in [0.1, 0.15) is 17.4 Å². The summed E-state index contributed by atoms with van der Waals surface area (Å²) in [6, 6.07) is 10.6. The highest BCUT2D eigenvalue weighted by Gasteiger charge is 2.20. The summed E-state index contributed by atoms with van der Waals surface area (Å²) in [5, 5.41) is 7.94. The zero-order valence-electron chi connectivity index (χ0n) is 21.3. The van der Waals surface area contributed by atoms with Crippen LogP contribution in [0.25, 0.3) is 16.6 Å². The lowest BCUT2D eigenvalue weighted by Gasteiger charge is -2.12. The first-order valence-electron chi connectivity index (χ1n) is 11.8. The number of aromatic nitrogens is 5. The van der Waals surface area contributed by atoms with Crippen LogP contribution in [0.5, 0.6) is 28.7 Å². The Bertz CT molecular complexity index is 1590. The van der Waals surface area contributed by atoms with Crippen LogP contribution in [0.2, 0.25) is 0 Å². The molecule has 11 nitrogen and oxygen atoms in total. The van der Waals surface area contributed by atoms with E-state index in [0.717, 1.165) is 11.1 Å². The summed E-state index contributed by atoms with van der Waals surface area (Å²) in [5.74, 6) is 2.47. The number of carbonyl (C=O) groups excluding carboxylic acids is 1. The monoisotopic (exact) mass is 514 g/mol. The predicted molar refractivity (Wildman–Crippen MR) is 141 cm³/mol. The molecule has 0 saturated carbocycles. The lowest BCUT2D eigenvalue weighted by atomic mass is 10.2. The number of carbonyl (C=O) groups is 1. The van der Waals surface area contributed by atoms with E-state index < -0.39 is 5.91 Å². The van der Waals surface area contributed by atoms with Gasteiger partial charge in [-0.25, -0.2) is 9.67 Å². The topological polar surface area (TPSA) is 115 Å². The number of hydrogen-bond acceptors (Lipinski definition) is 8. The molecule has 0 unspecified atom stereocenters. The molecule has 38 heavy (non-hydrogen) atoms. The Kier molecular flexibility index (Phi) is 6.81. The fraction of sp³-hybridized carbons (Fsp3) is 0.185. The first-order valence-corrected chi connectivity index (χ1v) is 11.8. The van der Waals surface area contributed by atoms with Gasteiger partial charge in [0.05, 0.1) is 44.4 Å². The van der Waals surface area contributed by atoms with E-state index >= 15 is 0 Å². The summed E-state index contributed by atoms with van der Waals surface area (Å²) in [7, 11) is 5.05. The molecule has 0 radical (unpaired) electrons. The van der Waals surface area contributed by atoms with E-state index in [0.29, 0.717) is 46.7 Å². The number of fused-ring (bicyclic) bond motifs is 1. The number of aryl methyl sites for hydroxylation is 1. The average molecular weight is 515 g/mol. The number of methoxy groups -OCH3 is 2. The molecule has 0 fully saturated rings. The van der Waals surface area contributed by atoms with Crippen molar-refractivity contribution in [1.82, 2.24) is 24.3 Å². The van der Waals surface area contributed by atoms with Gasteiger partial charge in [0.15, 0.2) is 22.9 Å². The molecule has 0 bridgehead atoms. The Morgan fingerprint density at radius 2 is 1.79 bits per heavy atom. The van der Waals surface area contributed by atoms with Crippen molar-refractivity contribution in [3.63, 3.8) is 0 Å². The summed E-state index contributed by atoms with van der Waals surface area (Å²) in [4.78, 5) is 21.7. The second-order valence-corrected chi connectivity index (χ2v) is 8.22. The summed E-state index contributed by atoms with van der Waals surface area (Å²) < 4.78 is 26.0. The molecule has 0 aliphatic heterocycles. The van der Waals surface area contributed by atoms with Crippen LogP contribution in [0, 0.1) is 0 Å². The summed E-state index contributed by atoms with van der Waals surface area (Å²) in [6.45, 7) is 2.24. The number of benzene rings is 1. The van der Waals surface area contributed by atoms with Gasteiger partial charge in [0.1, 0.15) is 17.3 Å². The van der Waals surface area contributed by atoms with Crippen LogP contribution in [-0.4, -0.2) is 51.0 Å². The molecule has 5 rings (SSSR count). The van der Waals surface area contributed by atoms with Crippen molar-refractivity contribution in [2.75, 3.05) is 26.1 Å². The van der Waals surface area contributed by atoms with Gasteiger partial charge in [0.25, 0.3) is 5.91 Å². The largest absolute Gasteiger partial charge is 0.493 e. The molecule has 194 valence electrons. The first-order chi connectivity index (χ1) is 18.5. The highest BCUT2D eigenvalue weighted by molar-refractivity contribution is 6.04. The Morgan fingerprint density at radius 1 is 0.974 bits per heavy atom. The zero-order chi connectivity index (χ0) is 26.6. The molecule has 0 atom stereocenters. The van der Waals surface area contributed by atoms with E-state index in [2.05, 4.69) is 20.4 Å². The summed E-state index contributed by atoms with van der Waals surface area (Å²) in [5.41, 5.74) is 1.66. The van der Waals surface area contributed by atoms with Crippen LogP contribution in [0.4, 0.5) is 5.82 Å². The van der Waals surface area contributed by atoms with Gasteiger partial charge in [-0.1, -0.05) is 0 Å². The number of nitrogens with one attached hydrogen (secondary N) is 1. The van der Waals surface area contributed by atoms with Gasteiger partial charge in [-0.15, -0.1) is 0 Å². The van der Waals surface area contributed by atoms with Crippen molar-refractivity contribution in [2.45, 2.75) is 6.92 Å². The third-order valence-corrected chi connectivity index (χ3v) is 5.69. The maximum absolute atomic E-state index is 13.0. The third-order valence-electron chi connectivity index (χ3n) is 5.69. The molecule has 4 heterocycles. The number of amides is 1. The lowest BCUT2D eigenvalue weighted by molar-refractivity contribution is 0.101. The maximum Gasteiger partial charge on any atom is 0.281 e. The van der Waals surface area contributed by atoms with Crippen molar-refractivity contribution < 1.29 is 23.7 Å². The minimum Gasteiger partial charge on any atom is -0.493 e. The molecule has 11 heteroatoms. The lowest BCUT2D eigenvalue weighted by Crippen LogP contribution is -2.15. The van der Waals surface area contributed by atoms with E-state index in [9.17, 15) is 4.79 Å². The molecule has 0 saturated heterocycles. The van der Waals surface area contributed by atoms with Gasteiger partial charge in [-0.3, -0.25) is 9.78 Å². The number of nitrogens with zero attached hydrogens (tertiary/aromatic N) is 5. The van der Waals surface area contributed by atoms with Gasteiger partial charge < -0.3 is 28.8 Å². The Hall–Kier alpha value is -5.06. The fourth-order valence-corrected chi connectivity index (χ4v) is 3.89. The van der Waals surface area contributed by atoms with E-state index in [4.69, 9.17) is 18.9 Å². The number of pyridine rings is 2. The number of ether oxygens (including phenoxy) is 4. The number of anilines is 1. The number of rotatable bonds is 9. The maximum atomic E-state index is 13.0. The van der Waals surface area contributed by atoms with Crippen LogP contribution in [-0.2, 0) is 7.05 Å². The summed E-state index contributed by atoms with van der Waals surface area (Å²) in [6.07, 6.45) is 8.64. The van der Waals surface area contributed by atoms with Gasteiger partial charge in [0.2, 0.25) is 0 Å². The minimum absolute atomic E-state index is 0.158. The van der Waals surface area contributed by atoms with Crippen LogP contribution >= 0.6 is 0 Å².